The first-order valence-electron chi connectivity index (χ1n) is 7.99. The molecule has 2 N–H and O–H groups in total. The number of benzene rings is 2. The fourth-order valence-corrected chi connectivity index (χ4v) is 3.10. The molecule has 0 aromatic heterocycles. The van der Waals surface area contributed by atoms with Crippen LogP contribution in [0.1, 0.15) is 34.3 Å². The van der Waals surface area contributed by atoms with Crippen LogP contribution in [0.5, 0.6) is 0 Å². The van der Waals surface area contributed by atoms with Crippen LogP contribution in [0.4, 0.5) is 11.4 Å². The second-order valence-electron chi connectivity index (χ2n) is 5.85. The van der Waals surface area contributed by atoms with Crippen LogP contribution in [-0.4, -0.2) is 17.4 Å². The third-order valence-corrected chi connectivity index (χ3v) is 4.35. The molecule has 7 heteroatoms. The number of nitrogens with zero attached hydrogens (tertiary/aromatic N) is 2. The Bertz CT molecular complexity index is 795. The van der Waals surface area contributed by atoms with Crippen LogP contribution in [0, 0.1) is 10.1 Å². The molecule has 0 saturated heterocycles. The lowest BCUT2D eigenvalue weighted by Gasteiger charge is -2.23. The summed E-state index contributed by atoms with van der Waals surface area (Å²) in [6.45, 7) is 0.680. The van der Waals surface area contributed by atoms with E-state index in [1.807, 2.05) is 24.3 Å². The summed E-state index contributed by atoms with van der Waals surface area (Å²) in [5, 5.41) is 11.2. The number of aryl methyl sites for hydroxylation is 1. The number of halogens is 1. The van der Waals surface area contributed by atoms with Gasteiger partial charge in [-0.1, -0.05) is 24.3 Å². The van der Waals surface area contributed by atoms with Crippen molar-refractivity contribution in [1.82, 2.24) is 0 Å². The van der Waals surface area contributed by atoms with Gasteiger partial charge in [-0.2, -0.15) is 0 Å². The predicted molar refractivity (Wildman–Crippen MR) is 99.3 cm³/mol. The quantitative estimate of drug-likeness (QED) is 0.669. The molecule has 0 bridgehead atoms. The molecule has 2 aromatic rings. The van der Waals surface area contributed by atoms with Gasteiger partial charge in [0.1, 0.15) is 0 Å². The Hall–Kier alpha value is -2.44. The maximum absolute atomic E-state index is 13.0. The van der Waals surface area contributed by atoms with Crippen LogP contribution in [-0.2, 0) is 13.0 Å². The number of hydrogen-bond acceptors (Lipinski definition) is 4. The number of fused-ring (bicyclic) bond motifs is 1. The Morgan fingerprint density at radius 3 is 2.68 bits per heavy atom. The average molecular weight is 362 g/mol. The first-order valence-corrected chi connectivity index (χ1v) is 7.99. The maximum Gasteiger partial charge on any atom is 0.274 e. The molecule has 0 atom stereocenters. The van der Waals surface area contributed by atoms with E-state index in [2.05, 4.69) is 0 Å². The molecule has 1 heterocycles. The number of carbonyl (C=O) groups excluding carboxylic acids is 1. The van der Waals surface area contributed by atoms with Gasteiger partial charge in [-0.15, -0.1) is 12.4 Å². The molecule has 0 spiro atoms. The zero-order valence-electron chi connectivity index (χ0n) is 13.7. The van der Waals surface area contributed by atoms with Crippen molar-refractivity contribution in [3.05, 3.63) is 69.3 Å². The van der Waals surface area contributed by atoms with E-state index in [-0.39, 0.29) is 30.5 Å². The second-order valence-corrected chi connectivity index (χ2v) is 5.85. The summed E-state index contributed by atoms with van der Waals surface area (Å²) in [4.78, 5) is 25.4. The summed E-state index contributed by atoms with van der Waals surface area (Å²) in [5.74, 6) is -0.212. The fourth-order valence-electron chi connectivity index (χ4n) is 3.10. The van der Waals surface area contributed by atoms with Gasteiger partial charge in [0.2, 0.25) is 0 Å². The SMILES string of the molecule is Cl.NCc1ccc(C(=O)N2CCCCc3ccccc32)cc1[N+](=O)[O-]. The molecule has 0 saturated carbocycles. The minimum absolute atomic E-state index is 0. The van der Waals surface area contributed by atoms with Crippen LogP contribution in [0.15, 0.2) is 42.5 Å². The highest BCUT2D eigenvalue weighted by atomic mass is 35.5. The highest BCUT2D eigenvalue weighted by Crippen LogP contribution is 2.28. The first-order chi connectivity index (χ1) is 11.6. The van der Waals surface area contributed by atoms with Gasteiger partial charge in [-0.05, 0) is 37.0 Å². The molecule has 25 heavy (non-hydrogen) atoms. The molecule has 132 valence electrons. The van der Waals surface area contributed by atoms with Crippen LogP contribution < -0.4 is 10.6 Å². The number of carbonyl (C=O) groups is 1. The first kappa shape index (κ1) is 18.9. The molecule has 6 nitrogen and oxygen atoms in total. The number of amides is 1. The van der Waals surface area contributed by atoms with E-state index in [1.54, 1.807) is 17.0 Å². The predicted octanol–water partition coefficient (Wildman–Crippen LogP) is 3.46. The van der Waals surface area contributed by atoms with Crippen molar-refractivity contribution in [2.75, 3.05) is 11.4 Å². The zero-order valence-corrected chi connectivity index (χ0v) is 14.5. The van der Waals surface area contributed by atoms with Crippen LogP contribution in [0.25, 0.3) is 0 Å². The van der Waals surface area contributed by atoms with E-state index < -0.39 is 4.92 Å². The topological polar surface area (TPSA) is 89.5 Å². The molecule has 1 amide bonds. The minimum Gasteiger partial charge on any atom is -0.326 e. The molecule has 0 fully saturated rings. The van der Waals surface area contributed by atoms with Crippen molar-refractivity contribution < 1.29 is 9.72 Å². The van der Waals surface area contributed by atoms with Gasteiger partial charge in [0.15, 0.2) is 0 Å². The maximum atomic E-state index is 13.0. The molecule has 0 aliphatic carbocycles. The van der Waals surface area contributed by atoms with Gasteiger partial charge in [0.25, 0.3) is 11.6 Å². The Morgan fingerprint density at radius 2 is 1.96 bits per heavy atom. The summed E-state index contributed by atoms with van der Waals surface area (Å²) in [5.41, 5.74) is 8.21. The van der Waals surface area contributed by atoms with Crippen molar-refractivity contribution in [3.8, 4) is 0 Å². The van der Waals surface area contributed by atoms with Gasteiger partial charge in [-0.3, -0.25) is 14.9 Å². The van der Waals surface area contributed by atoms with Crippen LogP contribution in [0.2, 0.25) is 0 Å². The van der Waals surface area contributed by atoms with Crippen molar-refractivity contribution in [2.45, 2.75) is 25.8 Å². The summed E-state index contributed by atoms with van der Waals surface area (Å²) in [7, 11) is 0. The van der Waals surface area contributed by atoms with Crippen LogP contribution in [0.3, 0.4) is 0 Å². The summed E-state index contributed by atoms with van der Waals surface area (Å²) in [6, 6.07) is 12.3. The third-order valence-electron chi connectivity index (χ3n) is 4.35. The molecular formula is C18H20ClN3O3. The van der Waals surface area contributed by atoms with Crippen molar-refractivity contribution in [3.63, 3.8) is 0 Å². The lowest BCUT2D eigenvalue weighted by molar-refractivity contribution is -0.385. The Kier molecular flexibility index (Phi) is 6.12. The third kappa shape index (κ3) is 3.81. The lowest BCUT2D eigenvalue weighted by Crippen LogP contribution is -2.31. The monoisotopic (exact) mass is 361 g/mol. The van der Waals surface area contributed by atoms with E-state index in [1.165, 1.54) is 6.07 Å². The molecule has 3 rings (SSSR count). The normalized spacial score (nSPS) is 13.4. The number of nitro groups is 1. The Balaban J connectivity index is 0.00000225. The van der Waals surface area contributed by atoms with Gasteiger partial charge >= 0.3 is 0 Å². The molecule has 2 aromatic carbocycles. The number of hydrogen-bond donors (Lipinski definition) is 1. The van der Waals surface area contributed by atoms with Crippen molar-refractivity contribution in [1.29, 1.82) is 0 Å². The van der Waals surface area contributed by atoms with E-state index in [4.69, 9.17) is 5.73 Å². The summed E-state index contributed by atoms with van der Waals surface area (Å²) >= 11 is 0. The number of anilines is 1. The van der Waals surface area contributed by atoms with E-state index in [9.17, 15) is 14.9 Å². The highest BCUT2D eigenvalue weighted by Gasteiger charge is 2.24. The summed E-state index contributed by atoms with van der Waals surface area (Å²) < 4.78 is 0. The van der Waals surface area contributed by atoms with Crippen molar-refractivity contribution in [2.24, 2.45) is 5.73 Å². The van der Waals surface area contributed by atoms with Gasteiger partial charge in [0.05, 0.1) is 4.92 Å². The fraction of sp³-hybridized carbons (Fsp3) is 0.278. The molecule has 1 aliphatic heterocycles. The number of rotatable bonds is 3. The minimum atomic E-state index is -0.491. The zero-order chi connectivity index (χ0) is 17.1. The molecule has 0 radical (unpaired) electrons. The molecule has 1 aliphatic rings. The van der Waals surface area contributed by atoms with E-state index >= 15 is 0 Å². The van der Waals surface area contributed by atoms with Gasteiger partial charge in [-0.25, -0.2) is 0 Å². The van der Waals surface area contributed by atoms with Crippen molar-refractivity contribution >= 4 is 29.7 Å². The smallest absolute Gasteiger partial charge is 0.274 e. The van der Waals surface area contributed by atoms with E-state index in [0.717, 1.165) is 30.5 Å². The Morgan fingerprint density at radius 1 is 1.20 bits per heavy atom. The highest BCUT2D eigenvalue weighted by molar-refractivity contribution is 6.07. The standard InChI is InChI=1S/C18H19N3O3.ClH/c19-12-15-9-8-14(11-17(15)21(23)24)18(22)20-10-4-3-6-13-5-1-2-7-16(13)20;/h1-2,5,7-9,11H,3-4,6,10,12,19H2;1H. The number of nitro benzene ring substituents is 1. The van der Waals surface area contributed by atoms with E-state index in [0.29, 0.717) is 17.7 Å². The lowest BCUT2D eigenvalue weighted by atomic mass is 10.1. The Labute approximate surface area is 152 Å². The number of nitrogens with two attached hydrogens (primary N) is 1. The van der Waals surface area contributed by atoms with Gasteiger partial charge < -0.3 is 10.6 Å². The van der Waals surface area contributed by atoms with Crippen LogP contribution >= 0.6 is 12.4 Å². The largest absolute Gasteiger partial charge is 0.326 e. The second kappa shape index (κ2) is 8.09. The number of para-hydroxylation sites is 1. The van der Waals surface area contributed by atoms with Gasteiger partial charge in [0, 0.05) is 36.0 Å². The summed E-state index contributed by atoms with van der Waals surface area (Å²) in [6.07, 6.45) is 2.86. The molecular weight excluding hydrogens is 342 g/mol. The molecule has 0 unspecified atom stereocenters. The average Bonchev–Trinajstić information content (AvgIpc) is 2.83.